The van der Waals surface area contributed by atoms with Crippen LogP contribution in [0.15, 0.2) is 60.1 Å². The van der Waals surface area contributed by atoms with Crippen LogP contribution in [-0.2, 0) is 14.3 Å². The van der Waals surface area contributed by atoms with Crippen LogP contribution in [0.2, 0.25) is 5.02 Å². The van der Waals surface area contributed by atoms with Crippen molar-refractivity contribution >= 4 is 46.7 Å². The van der Waals surface area contributed by atoms with E-state index in [9.17, 15) is 14.4 Å². The Balaban J connectivity index is 1.48. The number of fused-ring (bicyclic) bond motifs is 1. The van der Waals surface area contributed by atoms with Crippen molar-refractivity contribution in [1.82, 2.24) is 14.4 Å². The number of aromatic nitrogens is 3. The maximum Gasteiger partial charge on any atom is 0.414 e. The Bertz CT molecular complexity index is 1460. The summed E-state index contributed by atoms with van der Waals surface area (Å²) in [5.41, 5.74) is 2.98. The Morgan fingerprint density at radius 3 is 2.74 bits per heavy atom. The highest BCUT2D eigenvalue weighted by Gasteiger charge is 2.38. The van der Waals surface area contributed by atoms with Crippen LogP contribution in [0.1, 0.15) is 26.7 Å². The average molecular weight is 492 g/mol. The van der Waals surface area contributed by atoms with Gasteiger partial charge in [-0.25, -0.2) is 19.7 Å². The number of halogens is 1. The van der Waals surface area contributed by atoms with Gasteiger partial charge in [-0.3, -0.25) is 18.9 Å². The fraction of sp³-hybridized carbons (Fsp3) is 0.240. The first-order valence-electron chi connectivity index (χ1n) is 11.1. The third-order valence-electron chi connectivity index (χ3n) is 5.84. The lowest BCUT2D eigenvalue weighted by Crippen LogP contribution is -2.31. The molecular formula is C25H22ClN5O4. The van der Waals surface area contributed by atoms with E-state index in [1.165, 1.54) is 16.0 Å². The molecular weight excluding hydrogens is 470 g/mol. The number of benzene rings is 1. The number of rotatable bonds is 4. The van der Waals surface area contributed by atoms with Crippen LogP contribution in [0.3, 0.4) is 0 Å². The van der Waals surface area contributed by atoms with Gasteiger partial charge < -0.3 is 4.74 Å². The standard InChI is InChI=1S/C25H22ClN5O4/c1-14(2)35-25(34)29(3)16-11-27-24-28-21(13-30(24)12-16)19-10-15(8-9-20(19)26)31-22(32)17-6-4-5-7-18(17)23(31)33/h4,6,8-14H,5,7H2,1-3H3. The van der Waals surface area contributed by atoms with Crippen LogP contribution in [0.5, 0.6) is 0 Å². The Hall–Kier alpha value is -3.98. The van der Waals surface area contributed by atoms with Crippen molar-refractivity contribution in [3.05, 3.63) is 65.1 Å². The van der Waals surface area contributed by atoms with Gasteiger partial charge in [0, 0.05) is 36.2 Å². The summed E-state index contributed by atoms with van der Waals surface area (Å²) in [4.78, 5) is 49.5. The van der Waals surface area contributed by atoms with E-state index in [2.05, 4.69) is 9.97 Å². The minimum atomic E-state index is -0.497. The molecule has 0 saturated carbocycles. The van der Waals surface area contributed by atoms with Gasteiger partial charge in [0.1, 0.15) is 0 Å². The second-order valence-corrected chi connectivity index (χ2v) is 8.99. The summed E-state index contributed by atoms with van der Waals surface area (Å²) in [5, 5.41) is 0.409. The van der Waals surface area contributed by atoms with Gasteiger partial charge in [0.25, 0.3) is 11.8 Å². The number of hydrogen-bond acceptors (Lipinski definition) is 6. The molecule has 0 fully saturated rings. The van der Waals surface area contributed by atoms with Gasteiger partial charge in [-0.05, 0) is 44.9 Å². The lowest BCUT2D eigenvalue weighted by molar-refractivity contribution is -0.120. The van der Waals surface area contributed by atoms with Gasteiger partial charge in [-0.1, -0.05) is 23.8 Å². The predicted molar refractivity (Wildman–Crippen MR) is 131 cm³/mol. The maximum atomic E-state index is 13.0. The Morgan fingerprint density at radius 2 is 2.00 bits per heavy atom. The first-order chi connectivity index (χ1) is 16.7. The zero-order valence-electron chi connectivity index (χ0n) is 19.4. The van der Waals surface area contributed by atoms with Crippen LogP contribution in [-0.4, -0.2) is 45.4 Å². The maximum absolute atomic E-state index is 13.0. The van der Waals surface area contributed by atoms with Crippen molar-refractivity contribution in [1.29, 1.82) is 0 Å². The lowest BCUT2D eigenvalue weighted by atomic mass is 10.00. The molecule has 35 heavy (non-hydrogen) atoms. The summed E-state index contributed by atoms with van der Waals surface area (Å²) in [6.45, 7) is 3.55. The summed E-state index contributed by atoms with van der Waals surface area (Å²) in [6.07, 6.45) is 9.11. The number of nitrogens with zero attached hydrogens (tertiary/aromatic N) is 5. The van der Waals surface area contributed by atoms with E-state index in [1.54, 1.807) is 62.0 Å². The van der Waals surface area contributed by atoms with E-state index in [4.69, 9.17) is 16.3 Å². The van der Waals surface area contributed by atoms with Gasteiger partial charge in [0.05, 0.1) is 34.4 Å². The number of ether oxygens (including phenoxy) is 1. The topological polar surface area (TPSA) is 97.1 Å². The number of amides is 3. The van der Waals surface area contributed by atoms with Crippen LogP contribution in [0.25, 0.3) is 17.0 Å². The Morgan fingerprint density at radius 1 is 1.20 bits per heavy atom. The van der Waals surface area contributed by atoms with Crippen LogP contribution >= 0.6 is 11.6 Å². The quantitative estimate of drug-likeness (QED) is 0.497. The fourth-order valence-corrected chi connectivity index (χ4v) is 4.29. The van der Waals surface area contributed by atoms with Gasteiger partial charge in [0.2, 0.25) is 5.78 Å². The number of anilines is 2. The number of carbonyl (C=O) groups is 3. The zero-order valence-corrected chi connectivity index (χ0v) is 20.1. The summed E-state index contributed by atoms with van der Waals surface area (Å²) in [6, 6.07) is 4.96. The van der Waals surface area contributed by atoms with E-state index in [-0.39, 0.29) is 17.9 Å². The lowest BCUT2D eigenvalue weighted by Gasteiger charge is -2.18. The highest BCUT2D eigenvalue weighted by atomic mass is 35.5. The van der Waals surface area contributed by atoms with E-state index in [1.807, 2.05) is 6.08 Å². The van der Waals surface area contributed by atoms with Crippen LogP contribution < -0.4 is 9.80 Å². The highest BCUT2D eigenvalue weighted by Crippen LogP contribution is 2.36. The molecule has 3 aromatic rings. The van der Waals surface area contributed by atoms with Gasteiger partial charge >= 0.3 is 6.09 Å². The molecule has 0 radical (unpaired) electrons. The molecule has 0 bridgehead atoms. The molecule has 0 spiro atoms. The summed E-state index contributed by atoms with van der Waals surface area (Å²) in [7, 11) is 1.60. The van der Waals surface area contributed by atoms with Gasteiger partial charge in [-0.2, -0.15) is 0 Å². The first-order valence-corrected chi connectivity index (χ1v) is 11.5. The molecule has 178 valence electrons. The molecule has 9 nitrogen and oxygen atoms in total. The predicted octanol–water partition coefficient (Wildman–Crippen LogP) is 4.55. The Kier molecular flexibility index (Phi) is 5.64. The monoisotopic (exact) mass is 491 g/mol. The molecule has 1 aliphatic carbocycles. The van der Waals surface area contributed by atoms with Gasteiger partial charge in [-0.15, -0.1) is 0 Å². The largest absolute Gasteiger partial charge is 0.446 e. The van der Waals surface area contributed by atoms with Crippen LogP contribution in [0, 0.1) is 0 Å². The van der Waals surface area contributed by atoms with Crippen molar-refractivity contribution in [2.75, 3.05) is 16.8 Å². The van der Waals surface area contributed by atoms with Gasteiger partial charge in [0.15, 0.2) is 0 Å². The molecule has 1 aromatic carbocycles. The molecule has 0 saturated heterocycles. The number of carbonyl (C=O) groups excluding carboxylic acids is 3. The molecule has 3 heterocycles. The van der Waals surface area contributed by atoms with Crippen molar-refractivity contribution < 1.29 is 19.1 Å². The second kappa shape index (κ2) is 8.66. The zero-order chi connectivity index (χ0) is 24.9. The fourth-order valence-electron chi connectivity index (χ4n) is 4.08. The Labute approximate surface area is 206 Å². The number of allylic oxidation sites excluding steroid dienone is 1. The van der Waals surface area contributed by atoms with E-state index in [0.29, 0.717) is 51.0 Å². The number of imidazole rings is 1. The van der Waals surface area contributed by atoms with E-state index >= 15 is 0 Å². The van der Waals surface area contributed by atoms with E-state index in [0.717, 1.165) is 6.42 Å². The molecule has 3 amide bonds. The molecule has 0 atom stereocenters. The third kappa shape index (κ3) is 3.97. The molecule has 10 heteroatoms. The summed E-state index contributed by atoms with van der Waals surface area (Å²) < 4.78 is 6.90. The third-order valence-corrected chi connectivity index (χ3v) is 6.17. The van der Waals surface area contributed by atoms with Crippen molar-refractivity contribution in [3.63, 3.8) is 0 Å². The summed E-state index contributed by atoms with van der Waals surface area (Å²) in [5.74, 6) is -0.251. The number of imide groups is 1. The molecule has 0 N–H and O–H groups in total. The minimum Gasteiger partial charge on any atom is -0.446 e. The highest BCUT2D eigenvalue weighted by molar-refractivity contribution is 6.35. The van der Waals surface area contributed by atoms with Crippen molar-refractivity contribution in [3.8, 4) is 11.3 Å². The summed E-state index contributed by atoms with van der Waals surface area (Å²) >= 11 is 6.48. The van der Waals surface area contributed by atoms with E-state index < -0.39 is 6.09 Å². The smallest absolute Gasteiger partial charge is 0.414 e. The number of hydrogen-bond donors (Lipinski definition) is 0. The molecule has 1 aliphatic heterocycles. The molecule has 0 unspecified atom stereocenters. The second-order valence-electron chi connectivity index (χ2n) is 8.58. The van der Waals surface area contributed by atoms with Crippen molar-refractivity contribution in [2.24, 2.45) is 0 Å². The normalized spacial score (nSPS) is 15.4. The first kappa shape index (κ1) is 22.8. The minimum absolute atomic E-state index is 0.248. The average Bonchev–Trinajstić information content (AvgIpc) is 3.37. The van der Waals surface area contributed by atoms with Crippen LogP contribution in [0.4, 0.5) is 16.2 Å². The SMILES string of the molecule is CC(C)OC(=O)N(C)c1cnc2nc(-c3cc(N4C(=O)C5=C(CCC=C5)C4=O)ccc3Cl)cn2c1. The molecule has 5 rings (SSSR count). The molecule has 2 aliphatic rings. The molecule has 2 aromatic heterocycles. The van der Waals surface area contributed by atoms with Crippen molar-refractivity contribution in [2.45, 2.75) is 32.8 Å².